The Hall–Kier alpha value is 1.09. The van der Waals surface area contributed by atoms with E-state index < -0.39 is 6.00 Å². The quantitative estimate of drug-likeness (QED) is 0.503. The van der Waals surface area contributed by atoms with Gasteiger partial charge < -0.3 is 0 Å². The standard InChI is InChI=1S/C7H15Cl3Si/c1-5(2)7(6(3)4)11(8,9)10/h5-7H,1-4H3. The van der Waals surface area contributed by atoms with Gasteiger partial charge in [0.25, 0.3) is 0 Å². The Bertz CT molecular complexity index is 109. The first-order valence-electron chi connectivity index (χ1n) is 3.83. The van der Waals surface area contributed by atoms with E-state index in [1.54, 1.807) is 0 Å². The summed E-state index contributed by atoms with van der Waals surface area (Å²) in [6, 6.07) is -2.50. The molecule has 0 aromatic heterocycles. The van der Waals surface area contributed by atoms with Gasteiger partial charge in [0.1, 0.15) is 0 Å². The Labute approximate surface area is 84.3 Å². The third-order valence-corrected chi connectivity index (χ3v) is 6.17. The zero-order chi connectivity index (χ0) is 9.23. The largest absolute Gasteiger partial charge is 0.344 e. The molecule has 4 heteroatoms. The van der Waals surface area contributed by atoms with Crippen molar-refractivity contribution in [2.75, 3.05) is 0 Å². The summed E-state index contributed by atoms with van der Waals surface area (Å²) in [6.07, 6.45) is 0. The Morgan fingerprint density at radius 1 is 0.818 bits per heavy atom. The highest BCUT2D eigenvalue weighted by Crippen LogP contribution is 2.43. The number of halogens is 3. The SMILES string of the molecule is CC(C)C(C(C)C)[Si](Cl)(Cl)Cl. The molecule has 0 amide bonds. The molecule has 0 saturated heterocycles. The molecule has 0 spiro atoms. The Morgan fingerprint density at radius 3 is 1.09 bits per heavy atom. The monoisotopic (exact) mass is 232 g/mol. The molecule has 0 saturated carbocycles. The van der Waals surface area contributed by atoms with E-state index in [2.05, 4.69) is 27.7 Å². The van der Waals surface area contributed by atoms with Gasteiger partial charge in [-0.25, -0.2) is 0 Å². The Morgan fingerprint density at radius 2 is 1.09 bits per heavy atom. The molecular weight excluding hydrogens is 219 g/mol. The lowest BCUT2D eigenvalue weighted by Gasteiger charge is -2.29. The van der Waals surface area contributed by atoms with Crippen LogP contribution in [0.2, 0.25) is 5.54 Å². The van der Waals surface area contributed by atoms with Crippen molar-refractivity contribution in [1.82, 2.24) is 0 Å². The molecule has 0 nitrogen and oxygen atoms in total. The van der Waals surface area contributed by atoms with E-state index in [0.717, 1.165) is 0 Å². The summed E-state index contributed by atoms with van der Waals surface area (Å²) in [7, 11) is 0. The maximum absolute atomic E-state index is 5.96. The molecule has 0 atom stereocenters. The number of hydrogen-bond donors (Lipinski definition) is 0. The molecule has 0 radical (unpaired) electrons. The minimum Gasteiger partial charge on any atom is -0.126 e. The molecule has 11 heavy (non-hydrogen) atoms. The van der Waals surface area contributed by atoms with Gasteiger partial charge in [-0.1, -0.05) is 27.7 Å². The van der Waals surface area contributed by atoms with Crippen LogP contribution in [0.4, 0.5) is 0 Å². The van der Waals surface area contributed by atoms with E-state index in [9.17, 15) is 0 Å². The zero-order valence-corrected chi connectivity index (χ0v) is 10.6. The second-order valence-corrected chi connectivity index (χ2v) is 12.4. The van der Waals surface area contributed by atoms with Gasteiger partial charge in [-0.3, -0.25) is 0 Å². The van der Waals surface area contributed by atoms with Crippen LogP contribution in [-0.4, -0.2) is 6.00 Å². The van der Waals surface area contributed by atoms with E-state index in [0.29, 0.717) is 11.8 Å². The summed E-state index contributed by atoms with van der Waals surface area (Å²) in [5.41, 5.74) is 0.271. The predicted octanol–water partition coefficient (Wildman–Crippen LogP) is 4.32. The first kappa shape index (κ1) is 12.1. The lowest BCUT2D eigenvalue weighted by Crippen LogP contribution is -2.28. The molecule has 0 heterocycles. The second-order valence-electron chi connectivity index (χ2n) is 3.56. The molecule has 0 aliphatic carbocycles. The molecule has 0 aliphatic rings. The fourth-order valence-electron chi connectivity index (χ4n) is 1.53. The number of rotatable bonds is 3. The zero-order valence-electron chi connectivity index (χ0n) is 7.37. The van der Waals surface area contributed by atoms with Crippen LogP contribution in [0.3, 0.4) is 0 Å². The molecule has 0 N–H and O–H groups in total. The van der Waals surface area contributed by atoms with Gasteiger partial charge in [0.2, 0.25) is 0 Å². The van der Waals surface area contributed by atoms with Gasteiger partial charge in [-0.05, 0) is 17.4 Å². The van der Waals surface area contributed by atoms with Crippen LogP contribution < -0.4 is 0 Å². The van der Waals surface area contributed by atoms with E-state index in [1.165, 1.54) is 0 Å². The summed E-state index contributed by atoms with van der Waals surface area (Å²) in [6.45, 7) is 8.44. The predicted molar refractivity (Wildman–Crippen MR) is 56.7 cm³/mol. The highest BCUT2D eigenvalue weighted by molar-refractivity contribution is 7.65. The summed E-state index contributed by atoms with van der Waals surface area (Å²) >= 11 is 17.9. The minimum absolute atomic E-state index is 0.271. The Balaban J connectivity index is 4.35. The first-order valence-corrected chi connectivity index (χ1v) is 8.94. The maximum Gasteiger partial charge on any atom is 0.344 e. The van der Waals surface area contributed by atoms with Crippen LogP contribution in [0.15, 0.2) is 0 Å². The van der Waals surface area contributed by atoms with Crippen molar-refractivity contribution in [2.24, 2.45) is 11.8 Å². The topological polar surface area (TPSA) is 0 Å². The molecular formula is C7H15Cl3Si. The van der Waals surface area contributed by atoms with Crippen molar-refractivity contribution >= 4 is 39.2 Å². The van der Waals surface area contributed by atoms with Crippen LogP contribution in [-0.2, 0) is 0 Å². The lowest BCUT2D eigenvalue weighted by molar-refractivity contribution is 0.464. The van der Waals surface area contributed by atoms with Gasteiger partial charge >= 0.3 is 6.00 Å². The molecule has 0 aliphatic heterocycles. The van der Waals surface area contributed by atoms with Crippen molar-refractivity contribution in [2.45, 2.75) is 33.2 Å². The first-order chi connectivity index (χ1) is 4.76. The highest BCUT2D eigenvalue weighted by atomic mass is 35.8. The van der Waals surface area contributed by atoms with E-state index in [1.807, 2.05) is 0 Å². The average molecular weight is 234 g/mol. The molecule has 0 aromatic rings. The van der Waals surface area contributed by atoms with Crippen molar-refractivity contribution in [3.8, 4) is 0 Å². The van der Waals surface area contributed by atoms with Crippen LogP contribution in [0.5, 0.6) is 0 Å². The molecule has 0 fully saturated rings. The van der Waals surface area contributed by atoms with Crippen LogP contribution in [0.1, 0.15) is 27.7 Å². The van der Waals surface area contributed by atoms with Crippen LogP contribution >= 0.6 is 33.2 Å². The molecule has 0 unspecified atom stereocenters. The minimum atomic E-state index is -2.50. The molecule has 0 rings (SSSR count). The van der Waals surface area contributed by atoms with Crippen molar-refractivity contribution in [3.05, 3.63) is 0 Å². The smallest absolute Gasteiger partial charge is 0.126 e. The van der Waals surface area contributed by atoms with Crippen molar-refractivity contribution < 1.29 is 0 Å². The van der Waals surface area contributed by atoms with Gasteiger partial charge in [0, 0.05) is 0 Å². The van der Waals surface area contributed by atoms with E-state index in [4.69, 9.17) is 33.2 Å². The Kier molecular flexibility index (Phi) is 4.79. The van der Waals surface area contributed by atoms with Gasteiger partial charge in [-0.2, -0.15) is 0 Å². The fraction of sp³-hybridized carbons (Fsp3) is 1.00. The van der Waals surface area contributed by atoms with E-state index in [-0.39, 0.29) is 5.54 Å². The lowest BCUT2D eigenvalue weighted by atomic mass is 10.00. The molecule has 0 bridgehead atoms. The summed E-state index contributed by atoms with van der Waals surface area (Å²) in [4.78, 5) is 0. The number of hydrogen-bond acceptors (Lipinski definition) is 0. The van der Waals surface area contributed by atoms with E-state index >= 15 is 0 Å². The summed E-state index contributed by atoms with van der Waals surface area (Å²) < 4.78 is 0. The summed E-state index contributed by atoms with van der Waals surface area (Å²) in [5.74, 6) is 0.934. The van der Waals surface area contributed by atoms with Gasteiger partial charge in [-0.15, -0.1) is 33.2 Å². The third-order valence-electron chi connectivity index (χ3n) is 1.81. The van der Waals surface area contributed by atoms with Crippen molar-refractivity contribution in [3.63, 3.8) is 0 Å². The van der Waals surface area contributed by atoms with Crippen LogP contribution in [0.25, 0.3) is 0 Å². The summed E-state index contributed by atoms with van der Waals surface area (Å²) in [5, 5.41) is 0. The third kappa shape index (κ3) is 4.02. The van der Waals surface area contributed by atoms with Crippen molar-refractivity contribution in [1.29, 1.82) is 0 Å². The van der Waals surface area contributed by atoms with Crippen LogP contribution in [0, 0.1) is 11.8 Å². The molecule has 0 aromatic carbocycles. The van der Waals surface area contributed by atoms with Gasteiger partial charge in [0.05, 0.1) is 0 Å². The van der Waals surface area contributed by atoms with Gasteiger partial charge in [0.15, 0.2) is 0 Å². The fourth-order valence-corrected chi connectivity index (χ4v) is 7.57. The molecule has 68 valence electrons. The normalized spacial score (nSPS) is 13.6. The maximum atomic E-state index is 5.96. The second kappa shape index (κ2) is 4.36. The highest BCUT2D eigenvalue weighted by Gasteiger charge is 2.40. The average Bonchev–Trinajstić information content (AvgIpc) is 1.54.